The number of nitrogens with one attached hydrogen (secondary N) is 2. The number of benzene rings is 2. The zero-order chi connectivity index (χ0) is 17.1. The number of hydrazone groups is 1. The molecule has 0 fully saturated rings. The van der Waals surface area contributed by atoms with Crippen molar-refractivity contribution in [1.29, 1.82) is 0 Å². The Hall–Kier alpha value is -3.55. The molecule has 2 heterocycles. The van der Waals surface area contributed by atoms with E-state index in [9.17, 15) is 4.39 Å². The summed E-state index contributed by atoms with van der Waals surface area (Å²) in [6, 6.07) is 14.7. The monoisotopic (exact) mass is 335 g/mol. The van der Waals surface area contributed by atoms with Crippen molar-refractivity contribution in [2.24, 2.45) is 5.10 Å². The summed E-state index contributed by atoms with van der Waals surface area (Å²) in [5.74, 6) is 0.0700. The maximum Gasteiger partial charge on any atom is 0.283 e. The number of halogens is 1. The number of aromatic amines is 1. The molecular weight excluding hydrogens is 321 g/mol. The van der Waals surface area contributed by atoms with E-state index in [0.29, 0.717) is 12.1 Å². The van der Waals surface area contributed by atoms with Gasteiger partial charge in [0.05, 0.1) is 12.8 Å². The van der Waals surface area contributed by atoms with Gasteiger partial charge in [0.25, 0.3) is 5.95 Å². The Morgan fingerprint density at radius 3 is 2.84 bits per heavy atom. The van der Waals surface area contributed by atoms with E-state index in [1.165, 1.54) is 6.07 Å². The first-order valence-electron chi connectivity index (χ1n) is 7.65. The van der Waals surface area contributed by atoms with Crippen molar-refractivity contribution in [3.8, 4) is 0 Å². The Morgan fingerprint density at radius 1 is 1.16 bits per heavy atom. The first-order valence-corrected chi connectivity index (χ1v) is 7.65. The van der Waals surface area contributed by atoms with Crippen molar-refractivity contribution < 1.29 is 4.39 Å². The molecule has 7 nitrogen and oxygen atoms in total. The van der Waals surface area contributed by atoms with Crippen LogP contribution in [-0.2, 0) is 6.54 Å². The van der Waals surface area contributed by atoms with Crippen LogP contribution in [0.3, 0.4) is 0 Å². The van der Waals surface area contributed by atoms with Crippen LogP contribution >= 0.6 is 0 Å². The van der Waals surface area contributed by atoms with Gasteiger partial charge in [-0.2, -0.15) is 10.3 Å². The Kier molecular flexibility index (Phi) is 3.91. The van der Waals surface area contributed by atoms with Gasteiger partial charge in [0.15, 0.2) is 0 Å². The third-order valence-corrected chi connectivity index (χ3v) is 3.83. The molecule has 0 aliphatic rings. The number of tetrazole rings is 1. The molecule has 0 saturated carbocycles. The van der Waals surface area contributed by atoms with E-state index in [2.05, 4.69) is 31.2 Å². The third-order valence-electron chi connectivity index (χ3n) is 3.83. The van der Waals surface area contributed by atoms with Crippen molar-refractivity contribution in [1.82, 2.24) is 25.2 Å². The molecule has 4 aromatic rings. The van der Waals surface area contributed by atoms with Gasteiger partial charge in [-0.05, 0) is 17.3 Å². The third kappa shape index (κ3) is 3.09. The van der Waals surface area contributed by atoms with Gasteiger partial charge in [0, 0.05) is 28.2 Å². The van der Waals surface area contributed by atoms with Crippen molar-refractivity contribution in [3.63, 3.8) is 0 Å². The molecule has 2 aromatic carbocycles. The number of H-pyrrole nitrogens is 1. The number of nitrogens with zero attached hydrogens (tertiary/aromatic N) is 5. The zero-order valence-electron chi connectivity index (χ0n) is 13.1. The molecule has 25 heavy (non-hydrogen) atoms. The highest BCUT2D eigenvalue weighted by Gasteiger charge is 2.09. The predicted molar refractivity (Wildman–Crippen MR) is 92.8 cm³/mol. The van der Waals surface area contributed by atoms with E-state index in [1.807, 2.05) is 41.1 Å². The maximum atomic E-state index is 14.0. The van der Waals surface area contributed by atoms with Gasteiger partial charge in [-0.15, -0.1) is 5.10 Å². The van der Waals surface area contributed by atoms with Crippen LogP contribution in [0.25, 0.3) is 10.9 Å². The normalized spacial score (nSPS) is 11.4. The number of fused-ring (bicyclic) bond motifs is 1. The molecule has 2 N–H and O–H groups in total. The number of hydrogen-bond donors (Lipinski definition) is 2. The number of hydrogen-bond acceptors (Lipinski definition) is 5. The molecule has 0 unspecified atom stereocenters. The second-order valence-electron chi connectivity index (χ2n) is 5.43. The standard InChI is InChI=1S/C17H14FN7/c18-15-7-3-1-5-12(15)10-25-11-13(14-6-2-4-8-16(14)25)9-19-20-17-21-23-24-22-17/h1-9,11H,10H2,(H2,20,21,22,23,24)/b19-9-. The minimum atomic E-state index is -0.214. The highest BCUT2D eigenvalue weighted by atomic mass is 19.1. The van der Waals surface area contributed by atoms with Gasteiger partial charge in [0.2, 0.25) is 0 Å². The topological polar surface area (TPSA) is 83.8 Å². The summed E-state index contributed by atoms with van der Waals surface area (Å²) in [4.78, 5) is 0. The molecule has 0 saturated heterocycles. The lowest BCUT2D eigenvalue weighted by Gasteiger charge is -2.06. The molecule has 0 spiro atoms. The number of rotatable bonds is 5. The lowest BCUT2D eigenvalue weighted by atomic mass is 10.2. The van der Waals surface area contributed by atoms with Crippen LogP contribution in [0.4, 0.5) is 10.3 Å². The summed E-state index contributed by atoms with van der Waals surface area (Å²) in [6.45, 7) is 0.444. The van der Waals surface area contributed by atoms with E-state index < -0.39 is 0 Å². The highest BCUT2D eigenvalue weighted by Crippen LogP contribution is 2.22. The van der Waals surface area contributed by atoms with Gasteiger partial charge in [-0.25, -0.2) is 9.82 Å². The lowest BCUT2D eigenvalue weighted by molar-refractivity contribution is 0.602. The number of para-hydroxylation sites is 1. The predicted octanol–water partition coefficient (Wildman–Crippen LogP) is 2.79. The van der Waals surface area contributed by atoms with Gasteiger partial charge >= 0.3 is 0 Å². The summed E-state index contributed by atoms with van der Waals surface area (Å²) in [6.07, 6.45) is 3.62. The average molecular weight is 335 g/mol. The van der Waals surface area contributed by atoms with Gasteiger partial charge in [-0.3, -0.25) is 0 Å². The Morgan fingerprint density at radius 2 is 2.00 bits per heavy atom. The Labute approximate surface area is 142 Å². The van der Waals surface area contributed by atoms with Crippen LogP contribution in [0, 0.1) is 5.82 Å². The molecule has 8 heteroatoms. The smallest absolute Gasteiger partial charge is 0.283 e. The molecule has 124 valence electrons. The van der Waals surface area contributed by atoms with Crippen LogP contribution in [0.2, 0.25) is 0 Å². The van der Waals surface area contributed by atoms with Crippen LogP contribution in [0.5, 0.6) is 0 Å². The molecule has 4 rings (SSSR count). The first kappa shape index (κ1) is 15.0. The molecule has 0 radical (unpaired) electrons. The second kappa shape index (κ2) is 6.52. The van der Waals surface area contributed by atoms with Crippen molar-refractivity contribution in [3.05, 3.63) is 71.7 Å². The minimum absolute atomic E-state index is 0.214. The summed E-state index contributed by atoms with van der Waals surface area (Å²) < 4.78 is 16.0. The van der Waals surface area contributed by atoms with Crippen LogP contribution in [0.1, 0.15) is 11.1 Å². The summed E-state index contributed by atoms with van der Waals surface area (Å²) in [5.41, 5.74) is 5.24. The van der Waals surface area contributed by atoms with E-state index in [4.69, 9.17) is 0 Å². The van der Waals surface area contributed by atoms with Crippen molar-refractivity contribution in [2.45, 2.75) is 6.54 Å². The van der Waals surface area contributed by atoms with Gasteiger partial charge < -0.3 is 4.57 Å². The van der Waals surface area contributed by atoms with E-state index in [0.717, 1.165) is 16.5 Å². The number of aromatic nitrogens is 5. The van der Waals surface area contributed by atoms with Crippen LogP contribution < -0.4 is 5.43 Å². The quantitative estimate of drug-likeness (QED) is 0.434. The van der Waals surface area contributed by atoms with Crippen molar-refractivity contribution in [2.75, 3.05) is 5.43 Å². The van der Waals surface area contributed by atoms with Gasteiger partial charge in [-0.1, -0.05) is 41.5 Å². The van der Waals surface area contributed by atoms with E-state index >= 15 is 0 Å². The molecule has 0 atom stereocenters. The van der Waals surface area contributed by atoms with E-state index in [-0.39, 0.29) is 11.8 Å². The Bertz CT molecular complexity index is 1020. The fraction of sp³-hybridized carbons (Fsp3) is 0.0588. The molecule has 2 aromatic heterocycles. The molecule has 0 aliphatic heterocycles. The zero-order valence-corrected chi connectivity index (χ0v) is 13.1. The molecule has 0 bridgehead atoms. The van der Waals surface area contributed by atoms with Crippen LogP contribution in [0.15, 0.2) is 59.8 Å². The fourth-order valence-corrected chi connectivity index (χ4v) is 2.69. The second-order valence-corrected chi connectivity index (χ2v) is 5.43. The van der Waals surface area contributed by atoms with Crippen molar-refractivity contribution >= 4 is 23.1 Å². The van der Waals surface area contributed by atoms with E-state index in [1.54, 1.807) is 18.3 Å². The SMILES string of the molecule is Fc1ccccc1Cn1cc(/C=N\Nc2nn[nH]n2)c2ccccc21. The molecule has 0 amide bonds. The fourth-order valence-electron chi connectivity index (χ4n) is 2.69. The largest absolute Gasteiger partial charge is 0.342 e. The average Bonchev–Trinajstić information content (AvgIpc) is 3.26. The molecular formula is C17H14FN7. The summed E-state index contributed by atoms with van der Waals surface area (Å²) >= 11 is 0. The van der Waals surface area contributed by atoms with Gasteiger partial charge in [0.1, 0.15) is 5.82 Å². The summed E-state index contributed by atoms with van der Waals surface area (Å²) in [5, 5.41) is 18.5. The highest BCUT2D eigenvalue weighted by molar-refractivity contribution is 5.99. The minimum Gasteiger partial charge on any atom is -0.342 e. The maximum absolute atomic E-state index is 14.0. The number of anilines is 1. The lowest BCUT2D eigenvalue weighted by Crippen LogP contribution is -2.00. The Balaban J connectivity index is 1.66. The molecule has 0 aliphatic carbocycles. The summed E-state index contributed by atoms with van der Waals surface area (Å²) in [7, 11) is 0. The van der Waals surface area contributed by atoms with Crippen LogP contribution in [-0.4, -0.2) is 31.4 Å². The first-order chi connectivity index (χ1) is 12.3.